The van der Waals surface area contributed by atoms with Crippen molar-refractivity contribution < 1.29 is 18.3 Å². The van der Waals surface area contributed by atoms with E-state index < -0.39 is 16.0 Å². The SMILES string of the molecule is CCCNc1ccc(S(=O)(=O)NCCc2ccccc2)cc1C(=O)O. The Morgan fingerprint density at radius 3 is 2.44 bits per heavy atom. The zero-order chi connectivity index (χ0) is 18.3. The molecule has 6 nitrogen and oxygen atoms in total. The number of benzene rings is 2. The van der Waals surface area contributed by atoms with Gasteiger partial charge in [-0.05, 0) is 36.6 Å². The number of anilines is 1. The summed E-state index contributed by atoms with van der Waals surface area (Å²) in [4.78, 5) is 11.4. The van der Waals surface area contributed by atoms with E-state index in [2.05, 4.69) is 10.0 Å². The molecule has 3 N–H and O–H groups in total. The summed E-state index contributed by atoms with van der Waals surface area (Å²) in [7, 11) is -3.76. The maximum atomic E-state index is 12.4. The lowest BCUT2D eigenvalue weighted by Gasteiger charge is -2.12. The third kappa shape index (κ3) is 5.30. The molecule has 2 aromatic carbocycles. The average Bonchev–Trinajstić information content (AvgIpc) is 2.60. The van der Waals surface area contributed by atoms with Gasteiger partial charge in [-0.1, -0.05) is 37.3 Å². The molecule has 0 bridgehead atoms. The third-order valence-corrected chi connectivity index (χ3v) is 5.10. The molecule has 2 rings (SSSR count). The summed E-state index contributed by atoms with van der Waals surface area (Å²) in [6, 6.07) is 13.6. The first-order valence-electron chi connectivity index (χ1n) is 8.09. The molecule has 0 amide bonds. The monoisotopic (exact) mass is 362 g/mol. The highest BCUT2D eigenvalue weighted by Gasteiger charge is 2.18. The standard InChI is InChI=1S/C18H22N2O4S/c1-2-11-19-17-9-8-15(13-16(17)18(21)22)25(23,24)20-12-10-14-6-4-3-5-7-14/h3-9,13,19-20H,2,10-12H2,1H3,(H,21,22). The first-order chi connectivity index (χ1) is 11.9. The van der Waals surface area contributed by atoms with Crippen LogP contribution >= 0.6 is 0 Å². The minimum atomic E-state index is -3.76. The summed E-state index contributed by atoms with van der Waals surface area (Å²) in [6.07, 6.45) is 1.39. The quantitative estimate of drug-likeness (QED) is 0.637. The highest BCUT2D eigenvalue weighted by molar-refractivity contribution is 7.89. The van der Waals surface area contributed by atoms with Crippen molar-refractivity contribution >= 4 is 21.7 Å². The minimum Gasteiger partial charge on any atom is -0.478 e. The van der Waals surface area contributed by atoms with E-state index in [-0.39, 0.29) is 17.0 Å². The molecule has 2 aromatic rings. The predicted molar refractivity (Wildman–Crippen MR) is 97.5 cm³/mol. The lowest BCUT2D eigenvalue weighted by Crippen LogP contribution is -2.26. The number of sulfonamides is 1. The topological polar surface area (TPSA) is 95.5 Å². The fourth-order valence-corrected chi connectivity index (χ4v) is 3.40. The van der Waals surface area contributed by atoms with Gasteiger partial charge in [0.05, 0.1) is 10.5 Å². The number of nitrogens with one attached hydrogen (secondary N) is 2. The number of carboxylic acids is 1. The molecule has 25 heavy (non-hydrogen) atoms. The zero-order valence-electron chi connectivity index (χ0n) is 14.0. The summed E-state index contributed by atoms with van der Waals surface area (Å²) in [5, 5.41) is 12.3. The lowest BCUT2D eigenvalue weighted by molar-refractivity contribution is 0.0697. The second-order valence-corrected chi connectivity index (χ2v) is 7.34. The van der Waals surface area contributed by atoms with Gasteiger partial charge in [-0.25, -0.2) is 17.9 Å². The Kier molecular flexibility index (Phi) is 6.55. The van der Waals surface area contributed by atoms with E-state index in [9.17, 15) is 18.3 Å². The van der Waals surface area contributed by atoms with Crippen LogP contribution in [0.5, 0.6) is 0 Å². The Labute approximate surface area is 147 Å². The van der Waals surface area contributed by atoms with E-state index in [0.29, 0.717) is 18.7 Å². The molecule has 0 heterocycles. The van der Waals surface area contributed by atoms with Gasteiger partial charge in [0, 0.05) is 18.8 Å². The van der Waals surface area contributed by atoms with Crippen LogP contribution in [0, 0.1) is 0 Å². The van der Waals surface area contributed by atoms with E-state index in [1.807, 2.05) is 37.3 Å². The highest BCUT2D eigenvalue weighted by Crippen LogP contribution is 2.21. The number of carboxylic acid groups (broad SMARTS) is 1. The van der Waals surface area contributed by atoms with Gasteiger partial charge in [-0.15, -0.1) is 0 Å². The maximum Gasteiger partial charge on any atom is 0.337 e. The molecule has 0 aliphatic carbocycles. The van der Waals surface area contributed by atoms with Crippen LogP contribution < -0.4 is 10.0 Å². The molecule has 0 atom stereocenters. The molecule has 0 aliphatic rings. The Hall–Kier alpha value is -2.38. The molecule has 0 saturated carbocycles. The van der Waals surface area contributed by atoms with Gasteiger partial charge in [0.25, 0.3) is 0 Å². The van der Waals surface area contributed by atoms with Crippen molar-refractivity contribution in [1.29, 1.82) is 0 Å². The van der Waals surface area contributed by atoms with Crippen molar-refractivity contribution in [2.24, 2.45) is 0 Å². The molecule has 0 aromatic heterocycles. The first kappa shape index (κ1) is 19.0. The first-order valence-corrected chi connectivity index (χ1v) is 9.57. The van der Waals surface area contributed by atoms with Crippen LogP contribution in [0.1, 0.15) is 29.3 Å². The zero-order valence-corrected chi connectivity index (χ0v) is 14.8. The molecule has 0 fully saturated rings. The summed E-state index contributed by atoms with van der Waals surface area (Å²) in [5.41, 5.74) is 1.38. The van der Waals surface area contributed by atoms with Crippen molar-refractivity contribution in [3.63, 3.8) is 0 Å². The molecule has 134 valence electrons. The number of hydrogen-bond acceptors (Lipinski definition) is 4. The van der Waals surface area contributed by atoms with Crippen LogP contribution in [0.25, 0.3) is 0 Å². The van der Waals surface area contributed by atoms with Gasteiger partial charge < -0.3 is 10.4 Å². The van der Waals surface area contributed by atoms with Crippen molar-refractivity contribution in [2.75, 3.05) is 18.4 Å². The Morgan fingerprint density at radius 1 is 1.08 bits per heavy atom. The van der Waals surface area contributed by atoms with Crippen molar-refractivity contribution in [3.05, 3.63) is 59.7 Å². The fourth-order valence-electron chi connectivity index (χ4n) is 2.34. The summed E-state index contributed by atoms with van der Waals surface area (Å²) < 4.78 is 27.3. The second kappa shape index (κ2) is 8.64. The van der Waals surface area contributed by atoms with Gasteiger partial charge in [0.1, 0.15) is 0 Å². The molecule has 0 spiro atoms. The third-order valence-electron chi connectivity index (χ3n) is 3.65. The van der Waals surface area contributed by atoms with Gasteiger partial charge in [0.2, 0.25) is 10.0 Å². The molecule has 7 heteroatoms. The summed E-state index contributed by atoms with van der Waals surface area (Å²) in [5.74, 6) is -1.17. The summed E-state index contributed by atoms with van der Waals surface area (Å²) in [6.45, 7) is 2.81. The van der Waals surface area contributed by atoms with Gasteiger partial charge >= 0.3 is 5.97 Å². The van der Waals surface area contributed by atoms with E-state index in [4.69, 9.17) is 0 Å². The van der Waals surface area contributed by atoms with E-state index in [1.54, 1.807) is 0 Å². The maximum absolute atomic E-state index is 12.4. The Balaban J connectivity index is 2.12. The minimum absolute atomic E-state index is 0.0555. The predicted octanol–water partition coefficient (Wildman–Crippen LogP) is 2.73. The number of rotatable bonds is 9. The van der Waals surface area contributed by atoms with Crippen LogP contribution in [0.4, 0.5) is 5.69 Å². The molecule has 0 aliphatic heterocycles. The van der Waals surface area contributed by atoms with Crippen molar-refractivity contribution in [1.82, 2.24) is 4.72 Å². The van der Waals surface area contributed by atoms with Crippen LogP contribution in [-0.4, -0.2) is 32.6 Å². The van der Waals surface area contributed by atoms with Crippen LogP contribution in [0.3, 0.4) is 0 Å². The number of carbonyl (C=O) groups is 1. The molecule has 0 unspecified atom stereocenters. The second-order valence-electron chi connectivity index (χ2n) is 5.57. The van der Waals surface area contributed by atoms with Gasteiger partial charge in [-0.3, -0.25) is 0 Å². The van der Waals surface area contributed by atoms with Crippen molar-refractivity contribution in [2.45, 2.75) is 24.7 Å². The number of aromatic carboxylic acids is 1. The Morgan fingerprint density at radius 2 is 1.80 bits per heavy atom. The average molecular weight is 362 g/mol. The molecule has 0 saturated heterocycles. The van der Waals surface area contributed by atoms with Gasteiger partial charge in [0.15, 0.2) is 0 Å². The van der Waals surface area contributed by atoms with E-state index in [0.717, 1.165) is 12.0 Å². The largest absolute Gasteiger partial charge is 0.478 e. The smallest absolute Gasteiger partial charge is 0.337 e. The number of hydrogen-bond donors (Lipinski definition) is 3. The Bertz CT molecular complexity index is 820. The van der Waals surface area contributed by atoms with E-state index in [1.165, 1.54) is 18.2 Å². The van der Waals surface area contributed by atoms with Crippen molar-refractivity contribution in [3.8, 4) is 0 Å². The van der Waals surface area contributed by atoms with Crippen LogP contribution in [0.2, 0.25) is 0 Å². The molecular formula is C18H22N2O4S. The fraction of sp³-hybridized carbons (Fsp3) is 0.278. The van der Waals surface area contributed by atoms with Crippen LogP contribution in [-0.2, 0) is 16.4 Å². The van der Waals surface area contributed by atoms with Crippen LogP contribution in [0.15, 0.2) is 53.4 Å². The molecular weight excluding hydrogens is 340 g/mol. The lowest BCUT2D eigenvalue weighted by atomic mass is 10.2. The van der Waals surface area contributed by atoms with Gasteiger partial charge in [-0.2, -0.15) is 0 Å². The summed E-state index contributed by atoms with van der Waals surface area (Å²) >= 11 is 0. The van der Waals surface area contributed by atoms with E-state index >= 15 is 0 Å². The molecule has 0 radical (unpaired) electrons. The highest BCUT2D eigenvalue weighted by atomic mass is 32.2. The normalized spacial score (nSPS) is 11.2.